The van der Waals surface area contributed by atoms with E-state index in [9.17, 15) is 0 Å². The van der Waals surface area contributed by atoms with Gasteiger partial charge in [0.15, 0.2) is 0 Å². The van der Waals surface area contributed by atoms with Crippen molar-refractivity contribution in [1.29, 1.82) is 0 Å². The zero-order chi connectivity index (χ0) is 15.9. The summed E-state index contributed by atoms with van der Waals surface area (Å²) >= 11 is 0. The monoisotopic (exact) mass is 328 g/mol. The highest BCUT2D eigenvalue weighted by molar-refractivity contribution is 5.73. The van der Waals surface area contributed by atoms with Crippen molar-refractivity contribution < 1.29 is 17.0 Å². The van der Waals surface area contributed by atoms with Gasteiger partial charge in [-0.3, -0.25) is 0 Å². The van der Waals surface area contributed by atoms with E-state index in [1.807, 2.05) is 26.2 Å². The lowest BCUT2D eigenvalue weighted by atomic mass is 10.1. The van der Waals surface area contributed by atoms with Crippen molar-refractivity contribution in [2.75, 3.05) is 0 Å². The van der Waals surface area contributed by atoms with Crippen molar-refractivity contribution in [2.45, 2.75) is 20.8 Å². The summed E-state index contributed by atoms with van der Waals surface area (Å²) in [5, 5.41) is 9.03. The number of aromatic nitrogens is 2. The van der Waals surface area contributed by atoms with Gasteiger partial charge >= 0.3 is 5.95 Å². The van der Waals surface area contributed by atoms with Gasteiger partial charge in [0.05, 0.1) is 14.1 Å². The molecule has 23 heavy (non-hydrogen) atoms. The van der Waals surface area contributed by atoms with Gasteiger partial charge in [-0.1, -0.05) is 34.9 Å². The van der Waals surface area contributed by atoms with E-state index >= 15 is 0 Å². The van der Waals surface area contributed by atoms with E-state index < -0.39 is 0 Å². The molecule has 0 spiro atoms. The number of benzene rings is 2. The first-order chi connectivity index (χ1) is 10.5. The highest BCUT2D eigenvalue weighted by atomic mass is 35.5. The van der Waals surface area contributed by atoms with Crippen LogP contribution in [0.25, 0.3) is 11.0 Å². The Balaban J connectivity index is 0.00000192. The van der Waals surface area contributed by atoms with E-state index in [2.05, 4.69) is 64.4 Å². The number of para-hydroxylation sites is 2. The number of hydrogen-bond donors (Lipinski definition) is 0. The fourth-order valence-electron chi connectivity index (χ4n) is 3.03. The van der Waals surface area contributed by atoms with Gasteiger partial charge in [0.2, 0.25) is 0 Å². The van der Waals surface area contributed by atoms with Crippen LogP contribution in [0.5, 0.6) is 0 Å². The van der Waals surface area contributed by atoms with E-state index in [1.54, 1.807) is 0 Å². The molecule has 0 amide bonds. The highest BCUT2D eigenvalue weighted by Gasteiger charge is 2.19. The number of halogens is 1. The lowest BCUT2D eigenvalue weighted by Crippen LogP contribution is -3.00. The summed E-state index contributed by atoms with van der Waals surface area (Å²) in [5.41, 5.74) is 6.82. The average molecular weight is 329 g/mol. The van der Waals surface area contributed by atoms with Crippen LogP contribution in [0.2, 0.25) is 0 Å². The van der Waals surface area contributed by atoms with Crippen molar-refractivity contribution >= 4 is 22.7 Å². The number of fused-ring (bicyclic) bond motifs is 1. The molecule has 1 heterocycles. The summed E-state index contributed by atoms with van der Waals surface area (Å²) in [6.07, 6.45) is 0. The Kier molecular flexibility index (Phi) is 4.85. The molecule has 0 bridgehead atoms. The SMILES string of the molecule is Cc1cc(C)c(N=Nc2n(C)c3ccccc3[n+]2C)c(C)c1.[Cl-]. The Morgan fingerprint density at radius 1 is 0.957 bits per heavy atom. The second-order valence-electron chi connectivity index (χ2n) is 5.85. The Bertz CT molecular complexity index is 831. The Hall–Kier alpha value is -2.20. The molecule has 0 aliphatic rings. The number of imidazole rings is 1. The first-order valence-corrected chi connectivity index (χ1v) is 7.42. The van der Waals surface area contributed by atoms with Crippen molar-refractivity contribution in [3.63, 3.8) is 0 Å². The minimum Gasteiger partial charge on any atom is -1.00 e. The van der Waals surface area contributed by atoms with Gasteiger partial charge < -0.3 is 12.4 Å². The lowest BCUT2D eigenvalue weighted by Gasteiger charge is -2.03. The van der Waals surface area contributed by atoms with Gasteiger partial charge in [0, 0.05) is 5.11 Å². The van der Waals surface area contributed by atoms with Crippen LogP contribution < -0.4 is 17.0 Å². The Morgan fingerprint density at radius 3 is 2.17 bits per heavy atom. The summed E-state index contributed by atoms with van der Waals surface area (Å²) in [6.45, 7) is 6.26. The fraction of sp³-hybridized carbons (Fsp3) is 0.278. The molecule has 0 aliphatic heterocycles. The maximum absolute atomic E-state index is 4.52. The highest BCUT2D eigenvalue weighted by Crippen LogP contribution is 2.27. The summed E-state index contributed by atoms with van der Waals surface area (Å²) in [7, 11) is 4.04. The van der Waals surface area contributed by atoms with E-state index in [-0.39, 0.29) is 12.4 Å². The molecule has 3 aromatic rings. The molecule has 2 aromatic carbocycles. The Labute approximate surface area is 142 Å². The molecule has 0 N–H and O–H groups in total. The minimum absolute atomic E-state index is 0. The van der Waals surface area contributed by atoms with E-state index in [4.69, 9.17) is 0 Å². The zero-order valence-corrected chi connectivity index (χ0v) is 14.9. The number of aryl methyl sites for hydroxylation is 5. The second kappa shape index (κ2) is 6.50. The normalized spacial score (nSPS) is 11.2. The molecule has 1 aromatic heterocycles. The first kappa shape index (κ1) is 17.2. The molecule has 3 rings (SSSR count). The van der Waals surface area contributed by atoms with Crippen molar-refractivity contribution in [3.05, 3.63) is 53.1 Å². The van der Waals surface area contributed by atoms with Crippen LogP contribution >= 0.6 is 0 Å². The molecular weight excluding hydrogens is 308 g/mol. The molecule has 0 atom stereocenters. The van der Waals surface area contributed by atoms with Crippen LogP contribution in [0, 0.1) is 20.8 Å². The van der Waals surface area contributed by atoms with Crippen LogP contribution in [0.15, 0.2) is 46.6 Å². The number of nitrogens with zero attached hydrogens (tertiary/aromatic N) is 4. The quantitative estimate of drug-likeness (QED) is 0.503. The fourth-order valence-corrected chi connectivity index (χ4v) is 3.03. The summed E-state index contributed by atoms with van der Waals surface area (Å²) in [5.74, 6) is 0.834. The van der Waals surface area contributed by atoms with Crippen molar-refractivity contribution in [2.24, 2.45) is 24.3 Å². The molecule has 0 fully saturated rings. The predicted octanol–water partition coefficient (Wildman–Crippen LogP) is 1.35. The summed E-state index contributed by atoms with van der Waals surface area (Å²) in [6, 6.07) is 12.5. The topological polar surface area (TPSA) is 33.5 Å². The van der Waals surface area contributed by atoms with Gasteiger partial charge in [0.25, 0.3) is 0 Å². The van der Waals surface area contributed by atoms with Crippen LogP contribution in [0.3, 0.4) is 0 Å². The third kappa shape index (κ3) is 2.99. The molecular formula is C18H21ClN4. The van der Waals surface area contributed by atoms with E-state index in [0.29, 0.717) is 0 Å². The summed E-state index contributed by atoms with van der Waals surface area (Å²) in [4.78, 5) is 0. The smallest absolute Gasteiger partial charge is 0.422 e. The van der Waals surface area contributed by atoms with Gasteiger partial charge in [0.1, 0.15) is 16.7 Å². The first-order valence-electron chi connectivity index (χ1n) is 7.42. The van der Waals surface area contributed by atoms with E-state index in [1.165, 1.54) is 5.56 Å². The number of hydrogen-bond acceptors (Lipinski definition) is 2. The lowest BCUT2D eigenvalue weighted by molar-refractivity contribution is -0.632. The van der Waals surface area contributed by atoms with Gasteiger partial charge in [-0.25, -0.2) is 9.13 Å². The zero-order valence-electron chi connectivity index (χ0n) is 14.1. The molecule has 0 unspecified atom stereocenters. The standard InChI is InChI=1S/C18H21N4.ClH/c1-12-10-13(2)17(14(3)11-12)19-20-18-21(4)15-8-6-7-9-16(15)22(18)5;/h6-11H,1-5H3;1H/q+1;/p-1. The third-order valence-corrected chi connectivity index (χ3v) is 4.08. The van der Waals surface area contributed by atoms with Crippen LogP contribution in [-0.4, -0.2) is 4.57 Å². The molecule has 5 heteroatoms. The van der Waals surface area contributed by atoms with Crippen LogP contribution in [0.4, 0.5) is 11.6 Å². The van der Waals surface area contributed by atoms with Crippen molar-refractivity contribution in [1.82, 2.24) is 4.57 Å². The predicted molar refractivity (Wildman–Crippen MR) is 88.9 cm³/mol. The average Bonchev–Trinajstić information content (AvgIpc) is 2.71. The molecule has 0 saturated heterocycles. The number of rotatable bonds is 2. The van der Waals surface area contributed by atoms with E-state index in [0.717, 1.165) is 33.8 Å². The van der Waals surface area contributed by atoms with Gasteiger partial charge in [-0.05, 0) is 44.0 Å². The number of azo groups is 1. The van der Waals surface area contributed by atoms with Gasteiger partial charge in [-0.15, -0.1) is 0 Å². The minimum atomic E-state index is 0. The molecule has 4 nitrogen and oxygen atoms in total. The summed E-state index contributed by atoms with van der Waals surface area (Å²) < 4.78 is 4.13. The maximum atomic E-state index is 4.52. The molecule has 0 radical (unpaired) electrons. The largest absolute Gasteiger partial charge is 1.00 e. The molecule has 0 saturated carbocycles. The maximum Gasteiger partial charge on any atom is 0.422 e. The molecule has 120 valence electrons. The van der Waals surface area contributed by atoms with Gasteiger partial charge in [-0.2, -0.15) is 0 Å². The Morgan fingerprint density at radius 2 is 1.57 bits per heavy atom. The van der Waals surface area contributed by atoms with Crippen LogP contribution in [0.1, 0.15) is 16.7 Å². The second-order valence-corrected chi connectivity index (χ2v) is 5.85. The van der Waals surface area contributed by atoms with Crippen molar-refractivity contribution in [3.8, 4) is 0 Å². The van der Waals surface area contributed by atoms with Crippen LogP contribution in [-0.2, 0) is 14.1 Å². The third-order valence-electron chi connectivity index (χ3n) is 4.08. The molecule has 0 aliphatic carbocycles.